The molecule has 0 radical (unpaired) electrons. The van der Waals surface area contributed by atoms with Gasteiger partial charge >= 0.3 is 0 Å². The van der Waals surface area contributed by atoms with Gasteiger partial charge < -0.3 is 16.3 Å². The van der Waals surface area contributed by atoms with Gasteiger partial charge in [0.25, 0.3) is 0 Å². The molecule has 5 nitrogen and oxygen atoms in total. The van der Waals surface area contributed by atoms with E-state index in [-0.39, 0.29) is 17.8 Å². The van der Waals surface area contributed by atoms with Gasteiger partial charge in [-0.2, -0.15) is 11.8 Å². The highest BCUT2D eigenvalue weighted by atomic mass is 32.2. The van der Waals surface area contributed by atoms with Crippen LogP contribution in [0, 0.1) is 5.92 Å². The van der Waals surface area contributed by atoms with Crippen molar-refractivity contribution < 1.29 is 10.0 Å². The second-order valence-electron chi connectivity index (χ2n) is 3.94. The molecule has 0 aliphatic rings. The van der Waals surface area contributed by atoms with Gasteiger partial charge in [-0.15, -0.1) is 0 Å². The Labute approximate surface area is 107 Å². The molecule has 0 aromatic heterocycles. The smallest absolute Gasteiger partial charge is 0.231 e. The van der Waals surface area contributed by atoms with Crippen LogP contribution in [-0.2, 0) is 4.79 Å². The number of nitrogens with two attached hydrogens (primary N) is 1. The number of hydrogen-bond donors (Lipinski definition) is 3. The first-order valence-corrected chi connectivity index (χ1v) is 7.07. The lowest BCUT2D eigenvalue weighted by atomic mass is 10.0. The van der Waals surface area contributed by atoms with Crippen LogP contribution < -0.4 is 11.1 Å². The minimum Gasteiger partial charge on any atom is -0.409 e. The summed E-state index contributed by atoms with van der Waals surface area (Å²) in [5.41, 5.74) is 5.51. The fraction of sp³-hybridized carbons (Fsp3) is 0.818. The molecule has 0 bridgehead atoms. The van der Waals surface area contributed by atoms with Crippen LogP contribution in [-0.4, -0.2) is 34.5 Å². The Morgan fingerprint density at radius 2 is 2.18 bits per heavy atom. The van der Waals surface area contributed by atoms with E-state index in [0.717, 1.165) is 17.9 Å². The molecule has 4 N–H and O–H groups in total. The zero-order valence-corrected chi connectivity index (χ0v) is 11.6. The topological polar surface area (TPSA) is 87.7 Å². The van der Waals surface area contributed by atoms with E-state index in [9.17, 15) is 4.79 Å². The number of carbonyl (C=O) groups excluding carboxylic acids is 1. The predicted molar refractivity (Wildman–Crippen MR) is 72.4 cm³/mol. The molecule has 0 rings (SSSR count). The fourth-order valence-corrected chi connectivity index (χ4v) is 2.12. The Balaban J connectivity index is 4.32. The van der Waals surface area contributed by atoms with Crippen LogP contribution in [0.2, 0.25) is 0 Å². The maximum Gasteiger partial charge on any atom is 0.231 e. The Morgan fingerprint density at radius 3 is 2.65 bits per heavy atom. The van der Waals surface area contributed by atoms with Crippen LogP contribution >= 0.6 is 11.8 Å². The monoisotopic (exact) mass is 261 g/mol. The number of amidine groups is 1. The summed E-state index contributed by atoms with van der Waals surface area (Å²) in [6.45, 7) is 5.99. The molecular formula is C11H23N3O2S. The molecule has 1 amide bonds. The molecule has 2 atom stereocenters. The van der Waals surface area contributed by atoms with Crippen molar-refractivity contribution in [3.8, 4) is 0 Å². The third-order valence-electron chi connectivity index (χ3n) is 2.33. The van der Waals surface area contributed by atoms with Crippen molar-refractivity contribution in [2.45, 2.75) is 39.7 Å². The van der Waals surface area contributed by atoms with Crippen molar-refractivity contribution in [2.75, 3.05) is 11.5 Å². The van der Waals surface area contributed by atoms with Crippen molar-refractivity contribution in [1.29, 1.82) is 0 Å². The zero-order valence-electron chi connectivity index (χ0n) is 10.8. The zero-order chi connectivity index (χ0) is 13.3. The number of carbonyl (C=O) groups is 1. The van der Waals surface area contributed by atoms with E-state index in [0.29, 0.717) is 6.42 Å². The lowest BCUT2D eigenvalue weighted by molar-refractivity contribution is -0.123. The van der Waals surface area contributed by atoms with Gasteiger partial charge in [0.1, 0.15) is 0 Å². The highest BCUT2D eigenvalue weighted by Crippen LogP contribution is 2.08. The van der Waals surface area contributed by atoms with Crippen molar-refractivity contribution in [2.24, 2.45) is 16.8 Å². The van der Waals surface area contributed by atoms with E-state index in [1.165, 1.54) is 0 Å². The molecule has 6 heteroatoms. The molecule has 0 aromatic carbocycles. The first-order valence-electron chi connectivity index (χ1n) is 5.92. The molecule has 0 aromatic rings. The molecule has 0 saturated carbocycles. The molecule has 0 aliphatic carbocycles. The average molecular weight is 261 g/mol. The summed E-state index contributed by atoms with van der Waals surface area (Å²) in [7, 11) is 0. The molecule has 0 fully saturated rings. The number of nitrogens with zero attached hydrogens (tertiary/aromatic N) is 1. The van der Waals surface area contributed by atoms with Crippen LogP contribution in [0.4, 0.5) is 0 Å². The SMILES string of the molecule is CCCC(C(=O)NC(C)CSCC)C(N)=NO. The van der Waals surface area contributed by atoms with Crippen LogP contribution in [0.15, 0.2) is 5.16 Å². The largest absolute Gasteiger partial charge is 0.409 e. The van der Waals surface area contributed by atoms with Gasteiger partial charge in [0, 0.05) is 11.8 Å². The number of rotatable bonds is 8. The van der Waals surface area contributed by atoms with Crippen molar-refractivity contribution in [1.82, 2.24) is 5.32 Å². The van der Waals surface area contributed by atoms with Crippen LogP contribution in [0.3, 0.4) is 0 Å². The number of oxime groups is 1. The van der Waals surface area contributed by atoms with Crippen molar-refractivity contribution in [3.05, 3.63) is 0 Å². The van der Waals surface area contributed by atoms with Gasteiger partial charge in [-0.1, -0.05) is 25.4 Å². The summed E-state index contributed by atoms with van der Waals surface area (Å²) in [5, 5.41) is 14.4. The fourth-order valence-electron chi connectivity index (χ4n) is 1.45. The molecule has 0 heterocycles. The predicted octanol–water partition coefficient (Wildman–Crippen LogP) is 1.41. The Kier molecular flexibility index (Phi) is 8.66. The number of hydrogen-bond acceptors (Lipinski definition) is 4. The second-order valence-corrected chi connectivity index (χ2v) is 5.25. The van der Waals surface area contributed by atoms with Gasteiger partial charge in [0.15, 0.2) is 5.84 Å². The van der Waals surface area contributed by atoms with Crippen LogP contribution in [0.5, 0.6) is 0 Å². The second kappa shape index (κ2) is 9.15. The minimum atomic E-state index is -0.529. The third-order valence-corrected chi connectivity index (χ3v) is 3.47. The first kappa shape index (κ1) is 16.1. The van der Waals surface area contributed by atoms with E-state index in [1.807, 2.05) is 13.8 Å². The standard InChI is InChI=1S/C11H23N3O2S/c1-4-6-9(10(12)14-16)11(15)13-8(3)7-17-5-2/h8-9,16H,4-7H2,1-3H3,(H2,12,14)(H,13,15). The summed E-state index contributed by atoms with van der Waals surface area (Å²) >= 11 is 1.77. The van der Waals surface area contributed by atoms with Gasteiger partial charge in [-0.3, -0.25) is 4.79 Å². The highest BCUT2D eigenvalue weighted by Gasteiger charge is 2.23. The molecule has 0 spiro atoms. The average Bonchev–Trinajstić information content (AvgIpc) is 2.32. The molecule has 2 unspecified atom stereocenters. The van der Waals surface area contributed by atoms with Crippen molar-refractivity contribution >= 4 is 23.5 Å². The minimum absolute atomic E-state index is 0.0142. The van der Waals surface area contributed by atoms with Crippen LogP contribution in [0.1, 0.15) is 33.6 Å². The Bertz CT molecular complexity index is 259. The highest BCUT2D eigenvalue weighted by molar-refractivity contribution is 7.99. The summed E-state index contributed by atoms with van der Waals surface area (Å²) < 4.78 is 0. The van der Waals surface area contributed by atoms with Gasteiger partial charge in [-0.25, -0.2) is 0 Å². The summed E-state index contributed by atoms with van der Waals surface area (Å²) in [6.07, 6.45) is 1.40. The number of amides is 1. The van der Waals surface area contributed by atoms with E-state index >= 15 is 0 Å². The maximum atomic E-state index is 11.9. The summed E-state index contributed by atoms with van der Waals surface area (Å²) in [6, 6.07) is 0.0956. The maximum absolute atomic E-state index is 11.9. The van der Waals surface area contributed by atoms with E-state index in [1.54, 1.807) is 11.8 Å². The molecule has 0 saturated heterocycles. The quantitative estimate of drug-likeness (QED) is 0.267. The lowest BCUT2D eigenvalue weighted by Gasteiger charge is -2.18. The van der Waals surface area contributed by atoms with Crippen LogP contribution in [0.25, 0.3) is 0 Å². The number of nitrogens with one attached hydrogen (secondary N) is 1. The molecule has 100 valence electrons. The normalized spacial score (nSPS) is 15.4. The summed E-state index contributed by atoms with van der Waals surface area (Å²) in [5.74, 6) is 1.20. The van der Waals surface area contributed by atoms with E-state index in [4.69, 9.17) is 10.9 Å². The van der Waals surface area contributed by atoms with Gasteiger partial charge in [-0.05, 0) is 19.1 Å². The lowest BCUT2D eigenvalue weighted by Crippen LogP contribution is -2.43. The van der Waals surface area contributed by atoms with E-state index < -0.39 is 5.92 Å². The number of thioether (sulfide) groups is 1. The van der Waals surface area contributed by atoms with Gasteiger partial charge in [0.2, 0.25) is 5.91 Å². The first-order chi connectivity index (χ1) is 8.06. The van der Waals surface area contributed by atoms with Crippen molar-refractivity contribution in [3.63, 3.8) is 0 Å². The molecule has 17 heavy (non-hydrogen) atoms. The Hall–Kier alpha value is -0.910. The molecule has 0 aliphatic heterocycles. The Morgan fingerprint density at radius 1 is 1.53 bits per heavy atom. The van der Waals surface area contributed by atoms with Gasteiger partial charge in [0.05, 0.1) is 5.92 Å². The van der Waals surface area contributed by atoms with E-state index in [2.05, 4.69) is 17.4 Å². The summed E-state index contributed by atoms with van der Waals surface area (Å²) in [4.78, 5) is 11.9. The molecular weight excluding hydrogens is 238 g/mol. The third kappa shape index (κ3) is 6.41.